The highest BCUT2D eigenvalue weighted by Gasteiger charge is 2.19. The summed E-state index contributed by atoms with van der Waals surface area (Å²) in [5, 5.41) is 0. The van der Waals surface area contributed by atoms with Crippen molar-refractivity contribution in [1.29, 1.82) is 0 Å². The standard InChI is InChI=1S/C50H96O6/c1-7-45(5)37-31-25-19-16-17-20-27-33-39-48(51)54-42-47(43-55-49(52)40-34-28-23-22-26-32-38-46(6)8-2)56-50(53)41-35-29-21-15-13-11-9-10-12-14-18-24-30-36-44(3)4/h44-47H,7-43H2,1-6H3/t45?,46?,47-/m1/s1. The van der Waals surface area contributed by atoms with Crippen molar-refractivity contribution in [3.05, 3.63) is 0 Å². The fourth-order valence-corrected chi connectivity index (χ4v) is 7.34. The Labute approximate surface area is 348 Å². The molecule has 6 nitrogen and oxygen atoms in total. The first-order chi connectivity index (χ1) is 27.2. The van der Waals surface area contributed by atoms with Crippen LogP contribution in [-0.2, 0) is 28.6 Å². The van der Waals surface area contributed by atoms with Gasteiger partial charge in [0.15, 0.2) is 6.10 Å². The van der Waals surface area contributed by atoms with Crippen LogP contribution in [0.2, 0.25) is 0 Å². The van der Waals surface area contributed by atoms with Gasteiger partial charge in [0.2, 0.25) is 0 Å². The van der Waals surface area contributed by atoms with Crippen LogP contribution < -0.4 is 0 Å². The van der Waals surface area contributed by atoms with Crippen LogP contribution in [0.25, 0.3) is 0 Å². The van der Waals surface area contributed by atoms with Crippen LogP contribution in [0.5, 0.6) is 0 Å². The van der Waals surface area contributed by atoms with Crippen molar-refractivity contribution >= 4 is 17.9 Å². The lowest BCUT2D eigenvalue weighted by atomic mass is 9.99. The molecular formula is C50H96O6. The highest BCUT2D eigenvalue weighted by atomic mass is 16.6. The van der Waals surface area contributed by atoms with E-state index in [1.807, 2.05) is 0 Å². The average Bonchev–Trinajstić information content (AvgIpc) is 3.18. The quantitative estimate of drug-likeness (QED) is 0.0348. The monoisotopic (exact) mass is 793 g/mol. The molecule has 332 valence electrons. The summed E-state index contributed by atoms with van der Waals surface area (Å²) in [7, 11) is 0. The van der Waals surface area contributed by atoms with Gasteiger partial charge in [-0.3, -0.25) is 14.4 Å². The van der Waals surface area contributed by atoms with Gasteiger partial charge in [-0.1, -0.05) is 228 Å². The Morgan fingerprint density at radius 3 is 0.929 bits per heavy atom. The van der Waals surface area contributed by atoms with E-state index < -0.39 is 6.10 Å². The van der Waals surface area contributed by atoms with Crippen LogP contribution in [0.3, 0.4) is 0 Å². The van der Waals surface area contributed by atoms with Crippen molar-refractivity contribution in [1.82, 2.24) is 0 Å². The summed E-state index contributed by atoms with van der Waals surface area (Å²) in [6.07, 6.45) is 39.4. The topological polar surface area (TPSA) is 78.9 Å². The lowest BCUT2D eigenvalue weighted by Gasteiger charge is -2.18. The van der Waals surface area contributed by atoms with Crippen molar-refractivity contribution in [3.8, 4) is 0 Å². The summed E-state index contributed by atoms with van der Waals surface area (Å²) >= 11 is 0. The van der Waals surface area contributed by atoms with Gasteiger partial charge in [-0.05, 0) is 37.0 Å². The number of carbonyl (C=O) groups excluding carboxylic acids is 3. The normalized spacial score (nSPS) is 13.1. The van der Waals surface area contributed by atoms with E-state index in [1.165, 1.54) is 148 Å². The molecule has 0 bridgehead atoms. The SMILES string of the molecule is CCC(C)CCCCCCCCCCC(=O)OC[C@H](COC(=O)CCCCCCCCC(C)CC)OC(=O)CCCCCCCCCCCCCCCC(C)C. The number of rotatable bonds is 43. The van der Waals surface area contributed by atoms with Crippen LogP contribution in [-0.4, -0.2) is 37.2 Å². The first-order valence-corrected chi connectivity index (χ1v) is 24.7. The second-order valence-corrected chi connectivity index (χ2v) is 18.1. The van der Waals surface area contributed by atoms with E-state index in [-0.39, 0.29) is 31.1 Å². The zero-order valence-electron chi connectivity index (χ0n) is 38.4. The van der Waals surface area contributed by atoms with Crippen LogP contribution >= 0.6 is 0 Å². The smallest absolute Gasteiger partial charge is 0.306 e. The van der Waals surface area contributed by atoms with E-state index in [1.54, 1.807) is 0 Å². The van der Waals surface area contributed by atoms with Crippen molar-refractivity contribution < 1.29 is 28.6 Å². The zero-order chi connectivity index (χ0) is 41.3. The largest absolute Gasteiger partial charge is 0.462 e. The van der Waals surface area contributed by atoms with E-state index in [0.29, 0.717) is 19.3 Å². The molecule has 0 spiro atoms. The first-order valence-electron chi connectivity index (χ1n) is 24.7. The molecule has 0 saturated carbocycles. The van der Waals surface area contributed by atoms with Crippen LogP contribution in [0.1, 0.15) is 266 Å². The number of unbranched alkanes of at least 4 members (excludes halogenated alkanes) is 24. The van der Waals surface area contributed by atoms with Gasteiger partial charge in [0.1, 0.15) is 13.2 Å². The van der Waals surface area contributed by atoms with Gasteiger partial charge < -0.3 is 14.2 Å². The first kappa shape index (κ1) is 54.4. The van der Waals surface area contributed by atoms with Gasteiger partial charge in [0.25, 0.3) is 0 Å². The summed E-state index contributed by atoms with van der Waals surface area (Å²) in [6, 6.07) is 0. The molecule has 56 heavy (non-hydrogen) atoms. The zero-order valence-corrected chi connectivity index (χ0v) is 38.4. The summed E-state index contributed by atoms with van der Waals surface area (Å²) < 4.78 is 16.8. The summed E-state index contributed by atoms with van der Waals surface area (Å²) in [5.74, 6) is 1.64. The minimum absolute atomic E-state index is 0.0662. The summed E-state index contributed by atoms with van der Waals surface area (Å²) in [6.45, 7) is 13.7. The Balaban J connectivity index is 4.33. The molecule has 0 aliphatic carbocycles. The summed E-state index contributed by atoms with van der Waals surface area (Å²) in [4.78, 5) is 37.8. The third kappa shape index (κ3) is 40.6. The van der Waals surface area contributed by atoms with E-state index in [0.717, 1.165) is 75.5 Å². The molecule has 0 heterocycles. The molecule has 0 aromatic rings. The van der Waals surface area contributed by atoms with Gasteiger partial charge in [-0.15, -0.1) is 0 Å². The minimum Gasteiger partial charge on any atom is -0.462 e. The second-order valence-electron chi connectivity index (χ2n) is 18.1. The maximum Gasteiger partial charge on any atom is 0.306 e. The highest BCUT2D eigenvalue weighted by Crippen LogP contribution is 2.18. The molecule has 0 aliphatic rings. The third-order valence-electron chi connectivity index (χ3n) is 11.9. The van der Waals surface area contributed by atoms with E-state index in [9.17, 15) is 14.4 Å². The Hall–Kier alpha value is -1.59. The molecule has 0 rings (SSSR count). The van der Waals surface area contributed by atoms with E-state index in [4.69, 9.17) is 14.2 Å². The Morgan fingerprint density at radius 1 is 0.357 bits per heavy atom. The van der Waals surface area contributed by atoms with E-state index >= 15 is 0 Å². The van der Waals surface area contributed by atoms with Gasteiger partial charge in [-0.25, -0.2) is 0 Å². The fraction of sp³-hybridized carbons (Fsp3) is 0.940. The molecule has 0 saturated heterocycles. The predicted molar refractivity (Wildman–Crippen MR) is 238 cm³/mol. The summed E-state index contributed by atoms with van der Waals surface area (Å²) in [5.41, 5.74) is 0. The molecule has 0 N–H and O–H groups in total. The average molecular weight is 793 g/mol. The van der Waals surface area contributed by atoms with Crippen LogP contribution in [0, 0.1) is 17.8 Å². The molecule has 0 fully saturated rings. The number of carbonyl (C=O) groups is 3. The molecule has 3 atom stereocenters. The van der Waals surface area contributed by atoms with E-state index in [2.05, 4.69) is 41.5 Å². The van der Waals surface area contributed by atoms with Gasteiger partial charge in [0, 0.05) is 19.3 Å². The van der Waals surface area contributed by atoms with Crippen molar-refractivity contribution in [2.45, 2.75) is 272 Å². The number of hydrogen-bond donors (Lipinski definition) is 0. The molecule has 0 aromatic heterocycles. The number of ether oxygens (including phenoxy) is 3. The lowest BCUT2D eigenvalue weighted by molar-refractivity contribution is -0.167. The maximum atomic E-state index is 12.8. The highest BCUT2D eigenvalue weighted by molar-refractivity contribution is 5.71. The fourth-order valence-electron chi connectivity index (χ4n) is 7.34. The lowest BCUT2D eigenvalue weighted by Crippen LogP contribution is -2.30. The van der Waals surface area contributed by atoms with Gasteiger partial charge in [-0.2, -0.15) is 0 Å². The molecule has 6 heteroatoms. The molecule has 0 aliphatic heterocycles. The maximum absolute atomic E-state index is 12.8. The van der Waals surface area contributed by atoms with Crippen molar-refractivity contribution in [2.24, 2.45) is 17.8 Å². The Morgan fingerprint density at radius 2 is 0.625 bits per heavy atom. The molecule has 0 radical (unpaired) electrons. The third-order valence-corrected chi connectivity index (χ3v) is 11.9. The number of hydrogen-bond acceptors (Lipinski definition) is 6. The Bertz CT molecular complexity index is 872. The van der Waals surface area contributed by atoms with Gasteiger partial charge in [0.05, 0.1) is 0 Å². The molecule has 0 aromatic carbocycles. The molecule has 2 unspecified atom stereocenters. The minimum atomic E-state index is -0.763. The van der Waals surface area contributed by atoms with Crippen LogP contribution in [0.15, 0.2) is 0 Å². The predicted octanol–water partition coefficient (Wildman–Crippen LogP) is 15.6. The van der Waals surface area contributed by atoms with Crippen molar-refractivity contribution in [2.75, 3.05) is 13.2 Å². The van der Waals surface area contributed by atoms with Gasteiger partial charge >= 0.3 is 17.9 Å². The number of esters is 3. The van der Waals surface area contributed by atoms with Crippen LogP contribution in [0.4, 0.5) is 0 Å². The molecule has 0 amide bonds. The van der Waals surface area contributed by atoms with Crippen molar-refractivity contribution in [3.63, 3.8) is 0 Å². The Kier molecular flexibility index (Phi) is 40.4. The molecular weight excluding hydrogens is 697 g/mol. The second kappa shape index (κ2) is 41.6.